The van der Waals surface area contributed by atoms with Gasteiger partial charge in [0.05, 0.1) is 0 Å². The van der Waals surface area contributed by atoms with Crippen molar-refractivity contribution >= 4 is 11.6 Å². The number of nitrogen functional groups attached to an aromatic ring is 1. The first kappa shape index (κ1) is 12.9. The van der Waals surface area contributed by atoms with Crippen LogP contribution in [0.3, 0.4) is 0 Å². The van der Waals surface area contributed by atoms with Crippen molar-refractivity contribution in [2.75, 3.05) is 5.43 Å². The number of hydrogen-bond acceptors (Lipinski definition) is 3. The molecular formula is C14H21N3O. The lowest BCUT2D eigenvalue weighted by atomic mass is 10.1. The number of benzene rings is 1. The standard InChI is InChI=1S/C14H21N3O/c1-2-12(9-10-3-4-10)16-14(18)11-5-7-13(17-15)8-6-11/h5-8,10,12,17H,2-4,9,15H2,1H3,(H,16,18). The average Bonchev–Trinajstić information content (AvgIpc) is 3.22. The van der Waals surface area contributed by atoms with Crippen molar-refractivity contribution in [3.63, 3.8) is 0 Å². The normalized spacial score (nSPS) is 16.1. The molecule has 0 saturated heterocycles. The maximum absolute atomic E-state index is 12.1. The molecule has 1 unspecified atom stereocenters. The lowest BCUT2D eigenvalue weighted by Gasteiger charge is -2.16. The third-order valence-electron chi connectivity index (χ3n) is 3.46. The molecule has 18 heavy (non-hydrogen) atoms. The molecule has 1 aliphatic rings. The lowest BCUT2D eigenvalue weighted by Crippen LogP contribution is -2.34. The Bertz CT molecular complexity index is 398. The first-order valence-corrected chi connectivity index (χ1v) is 6.60. The molecule has 1 amide bonds. The first-order chi connectivity index (χ1) is 8.72. The highest BCUT2D eigenvalue weighted by Gasteiger charge is 2.25. The molecule has 0 spiro atoms. The third kappa shape index (κ3) is 3.47. The number of nitrogens with two attached hydrogens (primary N) is 1. The minimum absolute atomic E-state index is 0.00562. The molecule has 0 bridgehead atoms. The summed E-state index contributed by atoms with van der Waals surface area (Å²) in [6.07, 6.45) is 4.75. The Labute approximate surface area is 108 Å². The summed E-state index contributed by atoms with van der Waals surface area (Å²) in [6.45, 7) is 2.12. The van der Waals surface area contributed by atoms with E-state index in [0.29, 0.717) is 11.6 Å². The summed E-state index contributed by atoms with van der Waals surface area (Å²) in [7, 11) is 0. The van der Waals surface area contributed by atoms with Crippen molar-refractivity contribution in [1.82, 2.24) is 5.32 Å². The van der Waals surface area contributed by atoms with Crippen LogP contribution in [-0.2, 0) is 0 Å². The SMILES string of the molecule is CCC(CC1CC1)NC(=O)c1ccc(NN)cc1. The van der Waals surface area contributed by atoms with Gasteiger partial charge in [-0.05, 0) is 43.0 Å². The zero-order chi connectivity index (χ0) is 13.0. The van der Waals surface area contributed by atoms with Gasteiger partial charge in [-0.1, -0.05) is 19.8 Å². The van der Waals surface area contributed by atoms with E-state index in [-0.39, 0.29) is 5.91 Å². The fraction of sp³-hybridized carbons (Fsp3) is 0.500. The smallest absolute Gasteiger partial charge is 0.251 e. The monoisotopic (exact) mass is 247 g/mol. The van der Waals surface area contributed by atoms with Crippen LogP contribution in [0.2, 0.25) is 0 Å². The zero-order valence-corrected chi connectivity index (χ0v) is 10.8. The maximum atomic E-state index is 12.1. The Morgan fingerprint density at radius 3 is 2.56 bits per heavy atom. The Morgan fingerprint density at radius 1 is 1.39 bits per heavy atom. The molecule has 1 aromatic carbocycles. The molecule has 1 atom stereocenters. The highest BCUT2D eigenvalue weighted by atomic mass is 16.1. The summed E-state index contributed by atoms with van der Waals surface area (Å²) in [5.74, 6) is 6.13. The van der Waals surface area contributed by atoms with Crippen LogP contribution in [0.1, 0.15) is 43.0 Å². The second-order valence-electron chi connectivity index (χ2n) is 4.98. The van der Waals surface area contributed by atoms with Crippen LogP contribution in [0.5, 0.6) is 0 Å². The molecule has 0 aliphatic heterocycles. The number of hydrazine groups is 1. The Balaban J connectivity index is 1.91. The fourth-order valence-electron chi connectivity index (χ4n) is 2.07. The topological polar surface area (TPSA) is 67.2 Å². The van der Waals surface area contributed by atoms with Gasteiger partial charge in [-0.2, -0.15) is 0 Å². The number of hydrogen-bond donors (Lipinski definition) is 3. The number of nitrogens with one attached hydrogen (secondary N) is 2. The number of rotatable bonds is 6. The number of amides is 1. The Kier molecular flexibility index (Phi) is 4.20. The highest BCUT2D eigenvalue weighted by Crippen LogP contribution is 2.34. The van der Waals surface area contributed by atoms with Crippen LogP contribution in [0.25, 0.3) is 0 Å². The number of carbonyl (C=O) groups is 1. The van der Waals surface area contributed by atoms with E-state index in [2.05, 4.69) is 17.7 Å². The molecule has 1 aliphatic carbocycles. The second kappa shape index (κ2) is 5.87. The summed E-state index contributed by atoms with van der Waals surface area (Å²) in [6, 6.07) is 7.48. The maximum Gasteiger partial charge on any atom is 0.251 e. The number of anilines is 1. The predicted octanol–water partition coefficient (Wildman–Crippen LogP) is 2.28. The summed E-state index contributed by atoms with van der Waals surface area (Å²) in [5.41, 5.74) is 4.03. The minimum Gasteiger partial charge on any atom is -0.349 e. The van der Waals surface area contributed by atoms with Gasteiger partial charge in [0.15, 0.2) is 0 Å². The van der Waals surface area contributed by atoms with Gasteiger partial charge >= 0.3 is 0 Å². The molecule has 1 fully saturated rings. The molecule has 4 heteroatoms. The molecule has 1 aromatic rings. The van der Waals surface area contributed by atoms with Crippen molar-refractivity contribution in [3.05, 3.63) is 29.8 Å². The summed E-state index contributed by atoms with van der Waals surface area (Å²) in [5, 5.41) is 3.10. The Hall–Kier alpha value is -1.55. The second-order valence-corrected chi connectivity index (χ2v) is 4.98. The van der Waals surface area contributed by atoms with Gasteiger partial charge in [0.25, 0.3) is 5.91 Å². The van der Waals surface area contributed by atoms with E-state index in [1.165, 1.54) is 12.8 Å². The van der Waals surface area contributed by atoms with Crippen molar-refractivity contribution in [2.45, 2.75) is 38.6 Å². The average molecular weight is 247 g/mol. The molecule has 0 heterocycles. The van der Waals surface area contributed by atoms with Crippen LogP contribution in [0.15, 0.2) is 24.3 Å². The van der Waals surface area contributed by atoms with Crippen LogP contribution in [0, 0.1) is 5.92 Å². The third-order valence-corrected chi connectivity index (χ3v) is 3.46. The van der Waals surface area contributed by atoms with Crippen molar-refractivity contribution < 1.29 is 4.79 Å². The quantitative estimate of drug-likeness (QED) is 0.533. The summed E-state index contributed by atoms with van der Waals surface area (Å²) < 4.78 is 0. The Morgan fingerprint density at radius 2 is 2.06 bits per heavy atom. The predicted molar refractivity (Wildman–Crippen MR) is 73.1 cm³/mol. The molecule has 98 valence electrons. The first-order valence-electron chi connectivity index (χ1n) is 6.60. The van der Waals surface area contributed by atoms with Gasteiger partial charge in [-0.25, -0.2) is 0 Å². The van der Waals surface area contributed by atoms with Crippen LogP contribution in [-0.4, -0.2) is 11.9 Å². The van der Waals surface area contributed by atoms with E-state index in [4.69, 9.17) is 5.84 Å². The minimum atomic E-state index is 0.00562. The highest BCUT2D eigenvalue weighted by molar-refractivity contribution is 5.94. The molecule has 2 rings (SSSR count). The molecular weight excluding hydrogens is 226 g/mol. The van der Waals surface area contributed by atoms with E-state index in [1.807, 2.05) is 0 Å². The van der Waals surface area contributed by atoms with Crippen molar-refractivity contribution in [3.8, 4) is 0 Å². The van der Waals surface area contributed by atoms with Crippen LogP contribution in [0.4, 0.5) is 5.69 Å². The van der Waals surface area contributed by atoms with Gasteiger partial charge in [-0.3, -0.25) is 10.6 Å². The van der Waals surface area contributed by atoms with E-state index < -0.39 is 0 Å². The van der Waals surface area contributed by atoms with Crippen LogP contribution >= 0.6 is 0 Å². The van der Waals surface area contributed by atoms with E-state index in [0.717, 1.165) is 24.4 Å². The van der Waals surface area contributed by atoms with E-state index in [9.17, 15) is 4.79 Å². The molecule has 4 N–H and O–H groups in total. The fourth-order valence-corrected chi connectivity index (χ4v) is 2.07. The molecule has 1 saturated carbocycles. The molecule has 0 radical (unpaired) electrons. The lowest BCUT2D eigenvalue weighted by molar-refractivity contribution is 0.0932. The zero-order valence-electron chi connectivity index (χ0n) is 10.8. The van der Waals surface area contributed by atoms with Gasteiger partial charge in [0, 0.05) is 17.3 Å². The molecule has 0 aromatic heterocycles. The number of carbonyl (C=O) groups excluding carboxylic acids is 1. The van der Waals surface area contributed by atoms with Crippen molar-refractivity contribution in [1.29, 1.82) is 0 Å². The van der Waals surface area contributed by atoms with Gasteiger partial charge < -0.3 is 10.7 Å². The summed E-state index contributed by atoms with van der Waals surface area (Å²) in [4.78, 5) is 12.1. The largest absolute Gasteiger partial charge is 0.349 e. The molecule has 4 nitrogen and oxygen atoms in total. The van der Waals surface area contributed by atoms with E-state index >= 15 is 0 Å². The summed E-state index contributed by atoms with van der Waals surface area (Å²) >= 11 is 0. The van der Waals surface area contributed by atoms with Gasteiger partial charge in [-0.15, -0.1) is 0 Å². The van der Waals surface area contributed by atoms with E-state index in [1.54, 1.807) is 24.3 Å². The van der Waals surface area contributed by atoms with Gasteiger partial charge in [0.1, 0.15) is 0 Å². The van der Waals surface area contributed by atoms with Crippen molar-refractivity contribution in [2.24, 2.45) is 11.8 Å². The van der Waals surface area contributed by atoms with Gasteiger partial charge in [0.2, 0.25) is 0 Å². The van der Waals surface area contributed by atoms with Crippen LogP contribution < -0.4 is 16.6 Å².